The molecule has 4 rings (SSSR count). The minimum absolute atomic E-state index is 0.0352. The second-order valence-electron chi connectivity index (χ2n) is 11.0. The van der Waals surface area contributed by atoms with Crippen molar-refractivity contribution in [1.29, 1.82) is 0 Å². The number of carbonyl (C=O) groups excluding carboxylic acids is 2. The summed E-state index contributed by atoms with van der Waals surface area (Å²) in [5, 5.41) is 6.21. The Morgan fingerprint density at radius 2 is 1.69 bits per heavy atom. The maximum Gasteiger partial charge on any atom is 0.257 e. The highest BCUT2D eigenvalue weighted by Gasteiger charge is 2.25. The molecular formula is C33H41N7O2. The number of hydrogen-bond acceptors (Lipinski definition) is 7. The molecular weight excluding hydrogens is 526 g/mol. The molecule has 1 aromatic heterocycles. The predicted octanol–water partition coefficient (Wildman–Crippen LogP) is 5.24. The zero-order chi connectivity index (χ0) is 30.2. The fourth-order valence-electron chi connectivity index (χ4n) is 5.16. The molecule has 3 aromatic rings. The van der Waals surface area contributed by atoms with Crippen molar-refractivity contribution in [3.8, 4) is 0 Å². The molecule has 2 amide bonds. The topological polar surface area (TPSA) is 116 Å². The van der Waals surface area contributed by atoms with Crippen LogP contribution in [0.5, 0.6) is 0 Å². The fourth-order valence-corrected chi connectivity index (χ4v) is 5.16. The van der Waals surface area contributed by atoms with Gasteiger partial charge in [0.05, 0.1) is 16.9 Å². The number of aliphatic imine (C=N–C) groups is 1. The minimum Gasteiger partial charge on any atom is -0.404 e. The lowest BCUT2D eigenvalue weighted by Crippen LogP contribution is -2.38. The number of nitrogens with two attached hydrogens (primary N) is 1. The van der Waals surface area contributed by atoms with Crippen LogP contribution in [0.15, 0.2) is 72.0 Å². The molecule has 1 aliphatic rings. The van der Waals surface area contributed by atoms with Gasteiger partial charge in [0.1, 0.15) is 5.82 Å². The summed E-state index contributed by atoms with van der Waals surface area (Å²) < 4.78 is 0. The second kappa shape index (κ2) is 13.8. The number of nitrogens with one attached hydrogen (secondary N) is 2. The van der Waals surface area contributed by atoms with Crippen molar-refractivity contribution in [2.24, 2.45) is 10.7 Å². The van der Waals surface area contributed by atoms with E-state index in [1.165, 1.54) is 5.56 Å². The molecule has 2 heterocycles. The van der Waals surface area contributed by atoms with Crippen molar-refractivity contribution in [3.05, 3.63) is 89.2 Å². The molecule has 0 saturated carbocycles. The van der Waals surface area contributed by atoms with Crippen molar-refractivity contribution in [1.82, 2.24) is 9.88 Å². The summed E-state index contributed by atoms with van der Waals surface area (Å²) in [6, 6.07) is 17.7. The van der Waals surface area contributed by atoms with Gasteiger partial charge in [-0.1, -0.05) is 24.3 Å². The van der Waals surface area contributed by atoms with E-state index in [1.807, 2.05) is 49.9 Å². The van der Waals surface area contributed by atoms with E-state index in [1.54, 1.807) is 43.9 Å². The van der Waals surface area contributed by atoms with Crippen LogP contribution in [0.2, 0.25) is 0 Å². The number of piperidine rings is 1. The molecule has 1 aliphatic heterocycles. The van der Waals surface area contributed by atoms with Crippen molar-refractivity contribution >= 4 is 40.8 Å². The molecule has 1 fully saturated rings. The summed E-state index contributed by atoms with van der Waals surface area (Å²) in [6.07, 6.45) is 6.63. The van der Waals surface area contributed by atoms with E-state index >= 15 is 0 Å². The van der Waals surface area contributed by atoms with Gasteiger partial charge in [0.15, 0.2) is 0 Å². The van der Waals surface area contributed by atoms with Crippen molar-refractivity contribution < 1.29 is 9.59 Å². The number of pyridine rings is 1. The number of rotatable bonds is 9. The molecule has 4 N–H and O–H groups in total. The Balaban J connectivity index is 1.43. The van der Waals surface area contributed by atoms with E-state index in [9.17, 15) is 9.59 Å². The summed E-state index contributed by atoms with van der Waals surface area (Å²) in [4.78, 5) is 38.8. The highest BCUT2D eigenvalue weighted by molar-refractivity contribution is 6.09. The van der Waals surface area contributed by atoms with E-state index in [2.05, 4.69) is 44.9 Å². The predicted molar refractivity (Wildman–Crippen MR) is 173 cm³/mol. The zero-order valence-electron chi connectivity index (χ0n) is 25.1. The summed E-state index contributed by atoms with van der Waals surface area (Å²) in [6.45, 7) is 5.39. The normalized spacial score (nSPS) is 14.3. The molecule has 0 spiro atoms. The third-order valence-electron chi connectivity index (χ3n) is 7.38. The summed E-state index contributed by atoms with van der Waals surface area (Å²) in [7, 11) is 5.54. The van der Waals surface area contributed by atoms with Crippen LogP contribution >= 0.6 is 0 Å². The average Bonchev–Trinajstić information content (AvgIpc) is 2.99. The molecule has 1 saturated heterocycles. The number of carbonyl (C=O) groups is 2. The summed E-state index contributed by atoms with van der Waals surface area (Å²) in [5.74, 6) is 0.778. The van der Waals surface area contributed by atoms with Crippen LogP contribution in [0.1, 0.15) is 64.4 Å². The number of likely N-dealkylation sites (tertiary alicyclic amines) is 1. The number of hydrogen-bond donors (Lipinski definition) is 3. The lowest BCUT2D eigenvalue weighted by Gasteiger charge is -2.32. The van der Waals surface area contributed by atoms with Gasteiger partial charge >= 0.3 is 0 Å². The average molecular weight is 568 g/mol. The standard InChI is InChI=1S/C33H41N7O2/c1-22(2)37-31-13-11-27(21-36-31)32(41)38-29-18-26(10-12-30(29)39(4)5)33(42)40-16-14-25(15-17-40)23-6-8-24(9-7-23)28(19-34)20-35-3/h6-13,18-22,25H,14-17,34H2,1-5H3,(H,36,37)(H,38,41). The molecule has 0 bridgehead atoms. The Bertz CT molecular complexity index is 1440. The first-order valence-corrected chi connectivity index (χ1v) is 14.3. The van der Waals surface area contributed by atoms with Crippen LogP contribution in [-0.2, 0) is 0 Å². The van der Waals surface area contributed by atoms with Gasteiger partial charge in [0.2, 0.25) is 0 Å². The van der Waals surface area contributed by atoms with E-state index in [0.29, 0.717) is 41.6 Å². The molecule has 0 aliphatic carbocycles. The van der Waals surface area contributed by atoms with E-state index < -0.39 is 0 Å². The van der Waals surface area contributed by atoms with Gasteiger partial charge in [0, 0.05) is 70.0 Å². The monoisotopic (exact) mass is 567 g/mol. The number of nitrogens with zero attached hydrogens (tertiary/aromatic N) is 4. The van der Waals surface area contributed by atoms with Crippen LogP contribution < -0.4 is 21.3 Å². The molecule has 2 aromatic carbocycles. The van der Waals surface area contributed by atoms with Crippen LogP contribution in [0.3, 0.4) is 0 Å². The third kappa shape index (κ3) is 7.34. The van der Waals surface area contributed by atoms with Crippen molar-refractivity contribution in [2.45, 2.75) is 38.6 Å². The smallest absolute Gasteiger partial charge is 0.257 e. The van der Waals surface area contributed by atoms with Crippen LogP contribution in [0.4, 0.5) is 17.2 Å². The lowest BCUT2D eigenvalue weighted by atomic mass is 9.88. The van der Waals surface area contributed by atoms with Gasteiger partial charge in [0.25, 0.3) is 11.8 Å². The molecule has 9 nitrogen and oxygen atoms in total. The van der Waals surface area contributed by atoms with Crippen LogP contribution in [0, 0.1) is 0 Å². The molecule has 0 atom stereocenters. The third-order valence-corrected chi connectivity index (χ3v) is 7.38. The molecule has 9 heteroatoms. The highest BCUT2D eigenvalue weighted by Crippen LogP contribution is 2.31. The Morgan fingerprint density at radius 3 is 2.26 bits per heavy atom. The van der Waals surface area contributed by atoms with E-state index in [0.717, 1.165) is 29.7 Å². The molecule has 0 radical (unpaired) electrons. The van der Waals surface area contributed by atoms with Gasteiger partial charge in [-0.3, -0.25) is 14.6 Å². The number of amides is 2. The maximum absolute atomic E-state index is 13.5. The van der Waals surface area contributed by atoms with Gasteiger partial charge in [-0.15, -0.1) is 0 Å². The first-order valence-electron chi connectivity index (χ1n) is 14.3. The SMILES string of the molecule is CN=CC(=CN)c1ccc(C2CCN(C(=O)c3ccc(N(C)C)c(NC(=O)c4ccc(NC(C)C)nc4)c3)CC2)cc1. The number of anilines is 3. The quantitative estimate of drug-likeness (QED) is 0.305. The Kier molecular flexibility index (Phi) is 9.96. The maximum atomic E-state index is 13.5. The number of aromatic nitrogens is 1. The summed E-state index contributed by atoms with van der Waals surface area (Å²) in [5.41, 5.74) is 11.3. The largest absolute Gasteiger partial charge is 0.404 e. The lowest BCUT2D eigenvalue weighted by molar-refractivity contribution is 0.0712. The Hall–Kier alpha value is -4.66. The van der Waals surface area contributed by atoms with E-state index in [-0.39, 0.29) is 17.9 Å². The van der Waals surface area contributed by atoms with Crippen molar-refractivity contribution in [3.63, 3.8) is 0 Å². The Morgan fingerprint density at radius 1 is 1.02 bits per heavy atom. The van der Waals surface area contributed by atoms with Gasteiger partial charge in [-0.05, 0) is 74.1 Å². The zero-order valence-corrected chi connectivity index (χ0v) is 25.1. The minimum atomic E-state index is -0.283. The van der Waals surface area contributed by atoms with E-state index in [4.69, 9.17) is 5.73 Å². The summed E-state index contributed by atoms with van der Waals surface area (Å²) >= 11 is 0. The van der Waals surface area contributed by atoms with Crippen molar-refractivity contribution in [2.75, 3.05) is 49.8 Å². The van der Waals surface area contributed by atoms with Gasteiger partial charge in [-0.25, -0.2) is 4.98 Å². The van der Waals surface area contributed by atoms with Crippen LogP contribution in [0.25, 0.3) is 5.57 Å². The van der Waals surface area contributed by atoms with Gasteiger partial charge in [-0.2, -0.15) is 0 Å². The first-order chi connectivity index (χ1) is 20.2. The molecule has 0 unspecified atom stereocenters. The number of allylic oxidation sites excluding steroid dienone is 1. The number of benzene rings is 2. The Labute approximate surface area is 248 Å². The molecule has 220 valence electrons. The first kappa shape index (κ1) is 30.3. The fraction of sp³-hybridized carbons (Fsp3) is 0.333. The molecule has 42 heavy (non-hydrogen) atoms. The van der Waals surface area contributed by atoms with Gasteiger partial charge < -0.3 is 26.2 Å². The second-order valence-corrected chi connectivity index (χ2v) is 11.0. The highest BCUT2D eigenvalue weighted by atomic mass is 16.2. The van der Waals surface area contributed by atoms with Crippen LogP contribution in [-0.4, -0.2) is 68.2 Å².